The van der Waals surface area contributed by atoms with Crippen LogP contribution in [0.25, 0.3) is 16.7 Å². The number of rotatable bonds is 4. The Bertz CT molecular complexity index is 739. The van der Waals surface area contributed by atoms with E-state index < -0.39 is 0 Å². The number of hydrogen-bond donors (Lipinski definition) is 0. The van der Waals surface area contributed by atoms with Crippen LogP contribution in [-0.2, 0) is 11.8 Å². The van der Waals surface area contributed by atoms with Gasteiger partial charge in [0.05, 0.1) is 0 Å². The highest BCUT2D eigenvalue weighted by Gasteiger charge is 2.17. The predicted molar refractivity (Wildman–Crippen MR) is 127 cm³/mol. The third-order valence-corrected chi connectivity index (χ3v) is 4.74. The minimum atomic E-state index is 0. The van der Waals surface area contributed by atoms with E-state index in [0.717, 1.165) is 12.0 Å². The van der Waals surface area contributed by atoms with E-state index in [2.05, 4.69) is 91.4 Å². The lowest BCUT2D eigenvalue weighted by Gasteiger charge is -2.23. The van der Waals surface area contributed by atoms with Crippen molar-refractivity contribution in [3.8, 4) is 11.1 Å². The van der Waals surface area contributed by atoms with Crippen molar-refractivity contribution in [3.05, 3.63) is 65.2 Å². The lowest BCUT2D eigenvalue weighted by molar-refractivity contribution is 0.589. The fourth-order valence-corrected chi connectivity index (χ4v) is 3.05. The van der Waals surface area contributed by atoms with Crippen LogP contribution in [0.5, 0.6) is 0 Å². The molecule has 0 unspecified atom stereocenters. The van der Waals surface area contributed by atoms with Crippen molar-refractivity contribution in [1.29, 1.82) is 0 Å². The molecule has 0 spiro atoms. The van der Waals surface area contributed by atoms with Crippen molar-refractivity contribution in [3.63, 3.8) is 0 Å². The third-order valence-electron chi connectivity index (χ3n) is 4.74. The largest absolute Gasteiger partial charge is 0.0955 e. The number of benzene rings is 2. The summed E-state index contributed by atoms with van der Waals surface area (Å²) in [6, 6.07) is 13.9. The van der Waals surface area contributed by atoms with E-state index >= 15 is 0 Å². The molecule has 0 radical (unpaired) electrons. The quantitative estimate of drug-likeness (QED) is 0.506. The second-order valence-electron chi connectivity index (χ2n) is 8.26. The van der Waals surface area contributed by atoms with Gasteiger partial charge in [0.1, 0.15) is 0 Å². The van der Waals surface area contributed by atoms with Crippen LogP contribution < -0.4 is 0 Å². The maximum Gasteiger partial charge on any atom is -0.0132 e. The number of allylic oxidation sites excluding steroid dienone is 1. The first-order valence-electron chi connectivity index (χ1n) is 10.1. The summed E-state index contributed by atoms with van der Waals surface area (Å²) in [7, 11) is 0. The summed E-state index contributed by atoms with van der Waals surface area (Å²) in [5.74, 6) is 0.489. The van der Waals surface area contributed by atoms with Crippen molar-refractivity contribution in [1.82, 2.24) is 0 Å². The lowest BCUT2D eigenvalue weighted by Crippen LogP contribution is -2.11. The van der Waals surface area contributed by atoms with Gasteiger partial charge in [-0.15, -0.1) is 0 Å². The number of aryl methyl sites for hydroxylation is 1. The van der Waals surface area contributed by atoms with Gasteiger partial charge < -0.3 is 0 Å². The Balaban J connectivity index is 0.00000218. The minimum absolute atomic E-state index is 0. The highest BCUT2D eigenvalue weighted by atomic mass is 14.2. The van der Waals surface area contributed by atoms with Gasteiger partial charge in [-0.3, -0.25) is 0 Å². The van der Waals surface area contributed by atoms with Gasteiger partial charge in [-0.25, -0.2) is 0 Å². The summed E-state index contributed by atoms with van der Waals surface area (Å²) >= 11 is 0. The van der Waals surface area contributed by atoms with Crippen molar-refractivity contribution in [2.45, 2.75) is 87.5 Å². The van der Waals surface area contributed by atoms with Gasteiger partial charge in [0.2, 0.25) is 0 Å². The molecular formula is C27H42. The van der Waals surface area contributed by atoms with E-state index in [1.54, 1.807) is 0 Å². The average molecular weight is 367 g/mol. The van der Waals surface area contributed by atoms with Gasteiger partial charge in [-0.1, -0.05) is 111 Å². The maximum atomic E-state index is 4.10. The topological polar surface area (TPSA) is 0 Å². The molecule has 0 aromatic heterocycles. The smallest absolute Gasteiger partial charge is 0.0132 e. The molecule has 27 heavy (non-hydrogen) atoms. The summed E-state index contributed by atoms with van der Waals surface area (Å²) in [4.78, 5) is 0. The first-order chi connectivity index (χ1) is 12.1. The van der Waals surface area contributed by atoms with Crippen LogP contribution in [0.3, 0.4) is 0 Å². The van der Waals surface area contributed by atoms with Crippen LogP contribution in [-0.4, -0.2) is 0 Å². The van der Waals surface area contributed by atoms with E-state index in [1.165, 1.54) is 33.4 Å². The summed E-state index contributed by atoms with van der Waals surface area (Å²) < 4.78 is 0. The molecule has 0 heterocycles. The molecular weight excluding hydrogens is 324 g/mol. The molecule has 2 aromatic carbocycles. The first-order valence-corrected chi connectivity index (χ1v) is 10.1. The highest BCUT2D eigenvalue weighted by Crippen LogP contribution is 2.35. The third kappa shape index (κ3) is 6.38. The highest BCUT2D eigenvalue weighted by molar-refractivity contribution is 5.73. The Kier molecular flexibility index (Phi) is 9.79. The van der Waals surface area contributed by atoms with Gasteiger partial charge in [-0.05, 0) is 58.1 Å². The van der Waals surface area contributed by atoms with Gasteiger partial charge in [0.15, 0.2) is 0 Å². The van der Waals surface area contributed by atoms with Gasteiger partial charge >= 0.3 is 0 Å². The molecule has 0 nitrogen and oxygen atoms in total. The minimum Gasteiger partial charge on any atom is -0.0955 e. The zero-order valence-electron chi connectivity index (χ0n) is 18.5. The van der Waals surface area contributed by atoms with Crippen LogP contribution in [0.2, 0.25) is 0 Å². The van der Waals surface area contributed by atoms with Crippen molar-refractivity contribution in [2.75, 3.05) is 0 Å². The molecule has 2 aromatic rings. The molecule has 0 saturated carbocycles. The predicted octanol–water partition coefficient (Wildman–Crippen LogP) is 9.03. The van der Waals surface area contributed by atoms with Crippen LogP contribution in [0.1, 0.15) is 97.9 Å². The molecule has 0 fully saturated rings. The molecule has 150 valence electrons. The molecule has 0 aliphatic heterocycles. The Labute approximate surface area is 169 Å². The molecule has 0 amide bonds. The van der Waals surface area contributed by atoms with Gasteiger partial charge in [-0.2, -0.15) is 0 Å². The van der Waals surface area contributed by atoms with Gasteiger partial charge in [0.25, 0.3) is 0 Å². The molecule has 0 aliphatic rings. The molecule has 2 rings (SSSR count). The van der Waals surface area contributed by atoms with Crippen LogP contribution in [0.4, 0.5) is 0 Å². The second kappa shape index (κ2) is 10.5. The molecule has 0 heteroatoms. The standard InChI is InChI=1S/C24H32.C2H6.CH4/c1-9-18-12-20(14-21(13-18)24(6,7)8)22-11-10-19(16(2)3)15-23(22)17(4)5;1-2;/h10-15,17H,2,9H2,1,3-8H3;1-2H3;1H4. The SMILES string of the molecule is C.C=C(C)c1ccc(-c2cc(CC)cc(C(C)(C)C)c2)c(C(C)C)c1.CC. The zero-order chi connectivity index (χ0) is 20.1. The second-order valence-corrected chi connectivity index (χ2v) is 8.26. The fourth-order valence-electron chi connectivity index (χ4n) is 3.05. The van der Waals surface area contributed by atoms with E-state index in [1.807, 2.05) is 13.8 Å². The Morgan fingerprint density at radius 3 is 2.04 bits per heavy atom. The van der Waals surface area contributed by atoms with Crippen LogP contribution in [0.15, 0.2) is 43.0 Å². The molecule has 0 N–H and O–H groups in total. The average Bonchev–Trinajstić information content (AvgIpc) is 2.61. The monoisotopic (exact) mass is 366 g/mol. The van der Waals surface area contributed by atoms with E-state index in [0.29, 0.717) is 5.92 Å². The Morgan fingerprint density at radius 2 is 1.59 bits per heavy atom. The zero-order valence-corrected chi connectivity index (χ0v) is 18.5. The lowest BCUT2D eigenvalue weighted by atomic mass is 9.82. The summed E-state index contributed by atoms with van der Waals surface area (Å²) in [6.07, 6.45) is 1.07. The summed E-state index contributed by atoms with van der Waals surface area (Å²) in [5, 5.41) is 0. The Morgan fingerprint density at radius 1 is 1.00 bits per heavy atom. The van der Waals surface area contributed by atoms with Crippen molar-refractivity contribution in [2.24, 2.45) is 0 Å². The van der Waals surface area contributed by atoms with Crippen molar-refractivity contribution >= 4 is 5.57 Å². The fraction of sp³-hybridized carbons (Fsp3) is 0.481. The first kappa shape index (κ1) is 25.2. The summed E-state index contributed by atoms with van der Waals surface area (Å²) in [6.45, 7) is 23.8. The van der Waals surface area contributed by atoms with Crippen LogP contribution >= 0.6 is 0 Å². The van der Waals surface area contributed by atoms with Crippen LogP contribution in [0, 0.1) is 0 Å². The van der Waals surface area contributed by atoms with E-state index in [-0.39, 0.29) is 12.8 Å². The molecule has 0 atom stereocenters. The molecule has 0 bridgehead atoms. The summed E-state index contributed by atoms with van der Waals surface area (Å²) in [5.41, 5.74) is 9.46. The molecule has 0 saturated heterocycles. The Hall–Kier alpha value is -1.82. The molecule has 0 aliphatic carbocycles. The van der Waals surface area contributed by atoms with E-state index in [4.69, 9.17) is 0 Å². The van der Waals surface area contributed by atoms with Gasteiger partial charge in [0, 0.05) is 0 Å². The number of hydrogen-bond acceptors (Lipinski definition) is 0. The van der Waals surface area contributed by atoms with E-state index in [9.17, 15) is 0 Å². The maximum absolute atomic E-state index is 4.10. The van der Waals surface area contributed by atoms with Crippen molar-refractivity contribution < 1.29 is 0 Å². The normalized spacial score (nSPS) is 10.7.